The molecule has 0 spiro atoms. The van der Waals surface area contributed by atoms with Gasteiger partial charge in [-0.25, -0.2) is 14.2 Å². The number of halogens is 1. The minimum absolute atomic E-state index is 0.0231. The third-order valence-corrected chi connectivity index (χ3v) is 6.19. The second-order valence-electron chi connectivity index (χ2n) is 10.1. The summed E-state index contributed by atoms with van der Waals surface area (Å²) in [5.74, 6) is 0.265. The molecule has 2 amide bonds. The lowest BCUT2D eigenvalue weighted by Gasteiger charge is -2.12. The number of aromatic nitrogens is 4. The summed E-state index contributed by atoms with van der Waals surface area (Å²) in [6.45, 7) is 5.89. The number of nitrogens with one attached hydrogen (secondary N) is 2. The Kier molecular flexibility index (Phi) is 6.93. The van der Waals surface area contributed by atoms with E-state index in [1.807, 2.05) is 55.6 Å². The van der Waals surface area contributed by atoms with E-state index in [-0.39, 0.29) is 16.9 Å². The van der Waals surface area contributed by atoms with Gasteiger partial charge in [0, 0.05) is 41.6 Å². The lowest BCUT2D eigenvalue weighted by atomic mass is 9.93. The molecule has 198 valence electrons. The van der Waals surface area contributed by atoms with Crippen LogP contribution in [0.25, 0.3) is 28.0 Å². The highest BCUT2D eigenvalue weighted by Crippen LogP contribution is 2.28. The highest BCUT2D eigenvalue weighted by molar-refractivity contribution is 5.99. The molecule has 0 aliphatic rings. The van der Waals surface area contributed by atoms with Gasteiger partial charge in [-0.1, -0.05) is 32.0 Å². The molecule has 0 aliphatic heterocycles. The topological polar surface area (TPSA) is 114 Å². The third-order valence-electron chi connectivity index (χ3n) is 6.19. The molecule has 2 N–H and O–H groups in total. The number of fused-ring (bicyclic) bond motifs is 1. The first kappa shape index (κ1) is 25.8. The molecule has 0 saturated heterocycles. The smallest absolute Gasteiger partial charge is 0.325 e. The summed E-state index contributed by atoms with van der Waals surface area (Å²) in [6, 6.07) is 13.3. The van der Waals surface area contributed by atoms with E-state index >= 15 is 0 Å². The molecule has 4 heterocycles. The van der Waals surface area contributed by atoms with Gasteiger partial charge < -0.3 is 14.6 Å². The molecule has 0 atom stereocenters. The van der Waals surface area contributed by atoms with Crippen LogP contribution in [0.4, 0.5) is 20.7 Å². The van der Waals surface area contributed by atoms with E-state index in [0.29, 0.717) is 35.5 Å². The quantitative estimate of drug-likeness (QED) is 0.242. The Balaban J connectivity index is 1.32. The molecule has 39 heavy (non-hydrogen) atoms. The maximum atomic E-state index is 15.0. The molecular formula is C29H27FN6O3. The van der Waals surface area contributed by atoms with Crippen molar-refractivity contribution in [3.63, 3.8) is 0 Å². The van der Waals surface area contributed by atoms with Crippen molar-refractivity contribution in [1.82, 2.24) is 19.5 Å². The summed E-state index contributed by atoms with van der Waals surface area (Å²) in [7, 11) is 0. The second-order valence-corrected chi connectivity index (χ2v) is 10.1. The fraction of sp³-hybridized carbons (Fsp3) is 0.207. The fourth-order valence-corrected chi connectivity index (χ4v) is 4.11. The molecule has 0 aliphatic carbocycles. The number of amides is 2. The lowest BCUT2D eigenvalue weighted by molar-refractivity contribution is -0.107. The van der Waals surface area contributed by atoms with Crippen LogP contribution >= 0.6 is 0 Å². The van der Waals surface area contributed by atoms with Crippen LogP contribution in [0.2, 0.25) is 0 Å². The molecule has 0 saturated carbocycles. The van der Waals surface area contributed by atoms with Crippen molar-refractivity contribution >= 4 is 29.5 Å². The standard InChI is InChI=1S/C29H27FN6O3/c1-29(2,3)25-16-26(35-39-25)34-28(38)33-23-7-6-20(14-22(23)30)24-17-32-27-15-19(9-11-36(24)27)18-8-10-31-21(13-18)5-4-12-37/h6-17H,4-5H2,1-3H3,(H2,33,34,35,38). The van der Waals surface area contributed by atoms with Crippen LogP contribution in [-0.4, -0.2) is 31.8 Å². The number of aryl methyl sites for hydroxylation is 1. The Morgan fingerprint density at radius 1 is 1.03 bits per heavy atom. The van der Waals surface area contributed by atoms with Crippen LogP contribution in [0.15, 0.2) is 71.6 Å². The van der Waals surface area contributed by atoms with E-state index in [1.165, 1.54) is 12.1 Å². The Bertz CT molecular complexity index is 1670. The fourth-order valence-electron chi connectivity index (χ4n) is 4.11. The number of imidazole rings is 1. The van der Waals surface area contributed by atoms with Crippen LogP contribution in [0.3, 0.4) is 0 Å². The molecule has 4 aromatic heterocycles. The first-order valence-electron chi connectivity index (χ1n) is 12.4. The summed E-state index contributed by atoms with van der Waals surface area (Å²) in [6.07, 6.45) is 7.17. The number of aldehydes is 1. The Hall–Kier alpha value is -4.86. The number of hydrogen-bond acceptors (Lipinski definition) is 6. The predicted molar refractivity (Wildman–Crippen MR) is 146 cm³/mol. The Morgan fingerprint density at radius 2 is 1.85 bits per heavy atom. The molecule has 0 bridgehead atoms. The predicted octanol–water partition coefficient (Wildman–Crippen LogP) is 6.26. The first-order valence-corrected chi connectivity index (χ1v) is 12.4. The molecule has 0 unspecified atom stereocenters. The Morgan fingerprint density at radius 3 is 2.59 bits per heavy atom. The maximum absolute atomic E-state index is 15.0. The SMILES string of the molecule is CC(C)(C)c1cc(NC(=O)Nc2ccc(-c3cnc4cc(-c5ccnc(CCC=O)c5)ccn34)cc2F)no1. The van der Waals surface area contributed by atoms with Gasteiger partial charge in [0.25, 0.3) is 0 Å². The van der Waals surface area contributed by atoms with Crippen molar-refractivity contribution in [2.45, 2.75) is 39.0 Å². The number of carbonyl (C=O) groups is 2. The van der Waals surface area contributed by atoms with Gasteiger partial charge in [0.1, 0.15) is 23.5 Å². The zero-order valence-electron chi connectivity index (χ0n) is 21.7. The van der Waals surface area contributed by atoms with E-state index in [9.17, 15) is 14.0 Å². The molecule has 9 nitrogen and oxygen atoms in total. The van der Waals surface area contributed by atoms with Crippen molar-refractivity contribution < 1.29 is 18.5 Å². The Labute approximate surface area is 224 Å². The number of urea groups is 1. The molecular weight excluding hydrogens is 499 g/mol. The van der Waals surface area contributed by atoms with Gasteiger partial charge in [-0.2, -0.15) is 0 Å². The first-order chi connectivity index (χ1) is 18.7. The monoisotopic (exact) mass is 526 g/mol. The number of anilines is 2. The minimum atomic E-state index is -0.636. The number of nitrogens with zero attached hydrogens (tertiary/aromatic N) is 4. The zero-order chi connectivity index (χ0) is 27.6. The van der Waals surface area contributed by atoms with Gasteiger partial charge in [-0.05, 0) is 53.9 Å². The summed E-state index contributed by atoms with van der Waals surface area (Å²) >= 11 is 0. The van der Waals surface area contributed by atoms with Gasteiger partial charge in [-0.3, -0.25) is 14.7 Å². The van der Waals surface area contributed by atoms with Gasteiger partial charge >= 0.3 is 6.03 Å². The van der Waals surface area contributed by atoms with E-state index in [4.69, 9.17) is 4.52 Å². The van der Waals surface area contributed by atoms with Crippen molar-refractivity contribution in [3.05, 3.63) is 84.4 Å². The second kappa shape index (κ2) is 10.5. The number of hydrogen-bond donors (Lipinski definition) is 2. The lowest BCUT2D eigenvalue weighted by Crippen LogP contribution is -2.20. The number of carbonyl (C=O) groups excluding carboxylic acids is 2. The maximum Gasteiger partial charge on any atom is 0.325 e. The van der Waals surface area contributed by atoms with Gasteiger partial charge in [0.2, 0.25) is 0 Å². The molecule has 0 radical (unpaired) electrons. The van der Waals surface area contributed by atoms with Crippen LogP contribution in [0, 0.1) is 5.82 Å². The summed E-state index contributed by atoms with van der Waals surface area (Å²) in [5, 5.41) is 8.90. The van der Waals surface area contributed by atoms with E-state index in [2.05, 4.69) is 25.8 Å². The summed E-state index contributed by atoms with van der Waals surface area (Å²) < 4.78 is 22.1. The minimum Gasteiger partial charge on any atom is -0.359 e. The van der Waals surface area contributed by atoms with Crippen molar-refractivity contribution in [2.75, 3.05) is 10.6 Å². The molecule has 5 aromatic rings. The highest BCUT2D eigenvalue weighted by Gasteiger charge is 2.20. The van der Waals surface area contributed by atoms with Crippen LogP contribution in [0.5, 0.6) is 0 Å². The van der Waals surface area contributed by atoms with Crippen LogP contribution in [0.1, 0.15) is 38.6 Å². The molecule has 5 rings (SSSR count). The van der Waals surface area contributed by atoms with Crippen LogP contribution in [-0.2, 0) is 16.6 Å². The zero-order valence-corrected chi connectivity index (χ0v) is 21.7. The van der Waals surface area contributed by atoms with Gasteiger partial charge in [-0.15, -0.1) is 0 Å². The largest absolute Gasteiger partial charge is 0.359 e. The average Bonchev–Trinajstić information content (AvgIpc) is 3.56. The van der Waals surface area contributed by atoms with E-state index < -0.39 is 11.8 Å². The molecule has 0 fully saturated rings. The third kappa shape index (κ3) is 5.69. The summed E-state index contributed by atoms with van der Waals surface area (Å²) in [5.41, 5.74) is 4.52. The van der Waals surface area contributed by atoms with Crippen molar-refractivity contribution in [1.29, 1.82) is 0 Å². The number of benzene rings is 1. The van der Waals surface area contributed by atoms with Crippen molar-refractivity contribution in [2.24, 2.45) is 0 Å². The summed E-state index contributed by atoms with van der Waals surface area (Å²) in [4.78, 5) is 31.9. The molecule has 1 aromatic carbocycles. The average molecular weight is 527 g/mol. The normalized spacial score (nSPS) is 11.5. The van der Waals surface area contributed by atoms with Gasteiger partial charge in [0.05, 0.1) is 17.6 Å². The van der Waals surface area contributed by atoms with Gasteiger partial charge in [0.15, 0.2) is 5.82 Å². The highest BCUT2D eigenvalue weighted by atomic mass is 19.1. The van der Waals surface area contributed by atoms with E-state index in [0.717, 1.165) is 23.1 Å². The molecule has 10 heteroatoms. The van der Waals surface area contributed by atoms with Crippen LogP contribution < -0.4 is 10.6 Å². The van der Waals surface area contributed by atoms with E-state index in [1.54, 1.807) is 24.5 Å². The van der Waals surface area contributed by atoms with Crippen molar-refractivity contribution in [3.8, 4) is 22.4 Å². The number of rotatable bonds is 7. The number of pyridine rings is 2.